The van der Waals surface area contributed by atoms with Crippen LogP contribution in [0.3, 0.4) is 0 Å². The van der Waals surface area contributed by atoms with Crippen LogP contribution in [0.4, 0.5) is 11.4 Å². The minimum atomic E-state index is -0.974. The van der Waals surface area contributed by atoms with Crippen LogP contribution in [0.1, 0.15) is 24.0 Å². The van der Waals surface area contributed by atoms with E-state index >= 15 is 0 Å². The van der Waals surface area contributed by atoms with E-state index in [2.05, 4.69) is 47.6 Å². The van der Waals surface area contributed by atoms with Gasteiger partial charge < -0.3 is 15.2 Å². The number of quaternary nitrogens is 1. The Labute approximate surface area is 246 Å². The van der Waals surface area contributed by atoms with Gasteiger partial charge in [-0.05, 0) is 56.5 Å². The molecule has 2 unspecified atom stereocenters. The molecule has 10 heteroatoms. The van der Waals surface area contributed by atoms with Gasteiger partial charge in [0.1, 0.15) is 18.3 Å². The van der Waals surface area contributed by atoms with Gasteiger partial charge in [0.15, 0.2) is 9.54 Å². The van der Waals surface area contributed by atoms with E-state index in [1.807, 2.05) is 24.3 Å². The number of hydrogen-bond donors (Lipinski definition) is 3. The average molecular weight is 509 g/mol. The van der Waals surface area contributed by atoms with Crippen LogP contribution in [-0.4, -0.2) is 46.4 Å². The smallest absolute Gasteiger partial charge is 0.550 e. The van der Waals surface area contributed by atoms with E-state index in [9.17, 15) is 9.90 Å². The third kappa shape index (κ3) is 5.76. The Balaban J connectivity index is 0.00000306. The molecule has 1 aromatic heterocycles. The number of H-pyrrole nitrogens is 2. The van der Waals surface area contributed by atoms with Crippen LogP contribution < -0.4 is 66.3 Å². The van der Waals surface area contributed by atoms with Gasteiger partial charge in [-0.2, -0.15) is 0 Å². The van der Waals surface area contributed by atoms with E-state index in [0.29, 0.717) is 9.54 Å². The van der Waals surface area contributed by atoms with Gasteiger partial charge in [-0.25, -0.2) is 0 Å². The zero-order valence-corrected chi connectivity index (χ0v) is 23.9. The molecule has 1 fully saturated rings. The van der Waals surface area contributed by atoms with Crippen molar-refractivity contribution in [2.24, 2.45) is 0 Å². The predicted molar refractivity (Wildman–Crippen MR) is 130 cm³/mol. The first-order valence-electron chi connectivity index (χ1n) is 10.7. The summed E-state index contributed by atoms with van der Waals surface area (Å²) in [6.07, 6.45) is 1.01. The number of aromatic amines is 2. The van der Waals surface area contributed by atoms with Gasteiger partial charge in [0.25, 0.3) is 0 Å². The molecule has 2 aromatic carbocycles. The average Bonchev–Trinajstić information content (AvgIpc) is 3.30. The largest absolute Gasteiger partial charge is 1.00 e. The van der Waals surface area contributed by atoms with Crippen LogP contribution in [0.25, 0.3) is 5.69 Å². The van der Waals surface area contributed by atoms with Crippen molar-refractivity contribution in [3.8, 4) is 5.69 Å². The SMILES string of the molecule is Cc1cccc(C)c1[N+]1(CCCNc2cccc(-n3c(=S)[nH][nH]c3=S)c2)CC1CC(=O)[O-].[K+]. The van der Waals surface area contributed by atoms with Gasteiger partial charge in [0, 0.05) is 42.2 Å². The van der Waals surface area contributed by atoms with Crippen molar-refractivity contribution in [3.63, 3.8) is 0 Å². The van der Waals surface area contributed by atoms with Crippen LogP contribution in [0, 0.1) is 23.4 Å². The Morgan fingerprint density at radius 1 is 1.15 bits per heavy atom. The molecule has 0 bridgehead atoms. The zero-order chi connectivity index (χ0) is 22.9. The molecule has 0 aliphatic carbocycles. The summed E-state index contributed by atoms with van der Waals surface area (Å²) in [6.45, 7) is 6.72. The molecule has 1 aliphatic rings. The summed E-state index contributed by atoms with van der Waals surface area (Å²) in [6, 6.07) is 14.3. The number of nitrogens with zero attached hydrogens (tertiary/aromatic N) is 2. The number of hydrogen-bond acceptors (Lipinski definition) is 5. The van der Waals surface area contributed by atoms with E-state index in [1.165, 1.54) is 16.8 Å². The summed E-state index contributed by atoms with van der Waals surface area (Å²) < 4.78 is 3.54. The molecule has 0 amide bonds. The van der Waals surface area contributed by atoms with E-state index < -0.39 is 5.97 Å². The fraction of sp³-hybridized carbons (Fsp3) is 0.348. The quantitative estimate of drug-likeness (QED) is 0.129. The summed E-state index contributed by atoms with van der Waals surface area (Å²) in [5.41, 5.74) is 5.56. The Bertz CT molecular complexity index is 1220. The first-order chi connectivity index (χ1) is 15.3. The maximum Gasteiger partial charge on any atom is 1.00 e. The van der Waals surface area contributed by atoms with E-state index in [0.717, 1.165) is 41.9 Å². The number of benzene rings is 2. The standard InChI is InChI=1S/C23H27N5O2S2.K/c1-15-6-3-7-16(2)21(15)28(14-19(28)13-20(29)30)11-5-10-24-17-8-4-9-18(12-17)27-22(31)25-26-23(27)32;/h3-4,6-9,12,19,24H,5,10-11,13-14H2,1-2H3,(H2-,25,26,29,30,31,32);/q;+1. The predicted octanol–water partition coefficient (Wildman–Crippen LogP) is 0.545. The molecule has 168 valence electrons. The summed E-state index contributed by atoms with van der Waals surface area (Å²) in [4.78, 5) is 11.3. The van der Waals surface area contributed by atoms with Crippen LogP contribution in [-0.2, 0) is 4.79 Å². The van der Waals surface area contributed by atoms with Gasteiger partial charge in [-0.15, -0.1) is 0 Å². The Kier molecular flexibility index (Phi) is 8.90. The molecule has 2 heterocycles. The molecule has 3 aromatic rings. The molecule has 33 heavy (non-hydrogen) atoms. The molecule has 4 rings (SSSR count). The number of rotatable bonds is 9. The van der Waals surface area contributed by atoms with Crippen molar-refractivity contribution < 1.29 is 61.3 Å². The van der Waals surface area contributed by atoms with E-state index in [-0.39, 0.29) is 63.8 Å². The van der Waals surface area contributed by atoms with Crippen molar-refractivity contribution >= 4 is 41.8 Å². The second kappa shape index (κ2) is 11.1. The number of aromatic nitrogens is 3. The first kappa shape index (κ1) is 26.5. The van der Waals surface area contributed by atoms with Gasteiger partial charge in [0.2, 0.25) is 0 Å². The summed E-state index contributed by atoms with van der Waals surface area (Å²) in [7, 11) is 0. The molecule has 7 nitrogen and oxygen atoms in total. The van der Waals surface area contributed by atoms with E-state index in [1.54, 1.807) is 4.57 Å². The zero-order valence-electron chi connectivity index (χ0n) is 19.2. The van der Waals surface area contributed by atoms with Crippen molar-refractivity contribution in [3.05, 3.63) is 63.1 Å². The Morgan fingerprint density at radius 2 is 1.79 bits per heavy atom. The Morgan fingerprint density at radius 3 is 2.42 bits per heavy atom. The molecule has 0 spiro atoms. The third-order valence-electron chi connectivity index (χ3n) is 6.24. The minimum absolute atomic E-state index is 0. The third-order valence-corrected chi connectivity index (χ3v) is 6.81. The van der Waals surface area contributed by atoms with E-state index in [4.69, 9.17) is 24.4 Å². The molecule has 0 radical (unpaired) electrons. The second-order valence-corrected chi connectivity index (χ2v) is 9.21. The Hall–Kier alpha value is -1.11. The molecule has 0 saturated carbocycles. The second-order valence-electron chi connectivity index (χ2n) is 8.44. The number of aliphatic carboxylic acids is 1. The van der Waals surface area contributed by atoms with Crippen molar-refractivity contribution in [1.29, 1.82) is 0 Å². The van der Waals surface area contributed by atoms with Crippen LogP contribution in [0.15, 0.2) is 42.5 Å². The van der Waals surface area contributed by atoms with Gasteiger partial charge in [-0.1, -0.05) is 24.3 Å². The van der Waals surface area contributed by atoms with Crippen molar-refractivity contribution in [1.82, 2.24) is 19.2 Å². The number of carbonyl (C=O) groups excluding carboxylic acids is 1. The number of anilines is 1. The fourth-order valence-corrected chi connectivity index (χ4v) is 5.38. The van der Waals surface area contributed by atoms with Crippen molar-refractivity contribution in [2.45, 2.75) is 32.7 Å². The van der Waals surface area contributed by atoms with Crippen LogP contribution in [0.5, 0.6) is 0 Å². The van der Waals surface area contributed by atoms with Crippen molar-refractivity contribution in [2.75, 3.05) is 25.0 Å². The first-order valence-corrected chi connectivity index (χ1v) is 11.5. The minimum Gasteiger partial charge on any atom is -0.550 e. The topological polar surface area (TPSA) is 88.7 Å². The van der Waals surface area contributed by atoms with Gasteiger partial charge in [0.05, 0.1) is 12.2 Å². The molecule has 2 atom stereocenters. The molecule has 3 N–H and O–H groups in total. The maximum absolute atomic E-state index is 11.3. The molecular formula is C23H27KN5O2S2+. The number of aryl methyl sites for hydroxylation is 2. The van der Waals surface area contributed by atoms with Gasteiger partial charge in [-0.3, -0.25) is 19.2 Å². The maximum atomic E-state index is 11.3. The molecule has 1 aliphatic heterocycles. The number of carboxylic acid groups (broad SMARTS) is 1. The molecule has 1 saturated heterocycles. The molecular weight excluding hydrogens is 482 g/mol. The number of carbonyl (C=O) groups is 1. The number of nitrogens with one attached hydrogen (secondary N) is 3. The van der Waals surface area contributed by atoms with Crippen LogP contribution in [0.2, 0.25) is 0 Å². The summed E-state index contributed by atoms with van der Waals surface area (Å²) in [5.74, 6) is -0.974. The monoisotopic (exact) mass is 508 g/mol. The number of para-hydroxylation sites is 1. The number of carboxylic acids is 1. The van der Waals surface area contributed by atoms with Crippen LogP contribution >= 0.6 is 24.4 Å². The fourth-order valence-electron chi connectivity index (χ4n) is 4.82. The summed E-state index contributed by atoms with van der Waals surface area (Å²) >= 11 is 10.6. The van der Waals surface area contributed by atoms with Gasteiger partial charge >= 0.3 is 51.4 Å². The normalized spacial score (nSPS) is 19.0. The summed E-state index contributed by atoms with van der Waals surface area (Å²) in [5, 5.41) is 20.5.